The van der Waals surface area contributed by atoms with E-state index in [0.29, 0.717) is 18.7 Å². The highest BCUT2D eigenvalue weighted by molar-refractivity contribution is 5.94. The Hall–Kier alpha value is -3.60. The minimum absolute atomic E-state index is 0.00378. The van der Waals surface area contributed by atoms with Crippen molar-refractivity contribution in [3.05, 3.63) is 95.8 Å². The number of ether oxygens (including phenoxy) is 1. The number of para-hydroxylation sites is 2. The van der Waals surface area contributed by atoms with Crippen molar-refractivity contribution < 1.29 is 9.53 Å². The summed E-state index contributed by atoms with van der Waals surface area (Å²) in [5, 5.41) is 3.01. The molecule has 5 heteroatoms. The molecule has 0 aliphatic carbocycles. The number of carbonyl (C=O) groups excluding carboxylic acids is 1. The summed E-state index contributed by atoms with van der Waals surface area (Å²) in [6.07, 6.45) is 5.96. The van der Waals surface area contributed by atoms with E-state index in [0.717, 1.165) is 62.2 Å². The number of aryl methyl sites for hydroxylation is 3. The molecule has 0 atom stereocenters. The first-order valence-electron chi connectivity index (χ1n) is 12.7. The molecule has 0 spiro atoms. The normalized spacial score (nSPS) is 11.0. The lowest BCUT2D eigenvalue weighted by molar-refractivity contribution is 0.0953. The number of imidazole rings is 1. The third-order valence-electron chi connectivity index (χ3n) is 6.26. The van der Waals surface area contributed by atoms with Crippen LogP contribution in [-0.2, 0) is 19.4 Å². The Morgan fingerprint density at radius 2 is 1.66 bits per heavy atom. The molecule has 3 aromatic carbocycles. The molecule has 0 aliphatic heterocycles. The average molecular weight is 470 g/mol. The van der Waals surface area contributed by atoms with Gasteiger partial charge in [0.25, 0.3) is 5.91 Å². The number of nitrogens with zero attached hydrogens (tertiary/aromatic N) is 2. The summed E-state index contributed by atoms with van der Waals surface area (Å²) < 4.78 is 8.31. The van der Waals surface area contributed by atoms with Crippen LogP contribution in [0.3, 0.4) is 0 Å². The van der Waals surface area contributed by atoms with Crippen molar-refractivity contribution in [2.75, 3.05) is 13.2 Å². The highest BCUT2D eigenvalue weighted by Crippen LogP contribution is 2.19. The largest absolute Gasteiger partial charge is 0.494 e. The van der Waals surface area contributed by atoms with E-state index in [1.807, 2.05) is 36.4 Å². The number of carbonyl (C=O) groups is 1. The van der Waals surface area contributed by atoms with E-state index < -0.39 is 0 Å². The molecule has 35 heavy (non-hydrogen) atoms. The van der Waals surface area contributed by atoms with E-state index in [1.54, 1.807) is 0 Å². The second kappa shape index (κ2) is 12.7. The highest BCUT2D eigenvalue weighted by atomic mass is 16.5. The Morgan fingerprint density at radius 3 is 2.46 bits per heavy atom. The molecule has 182 valence electrons. The predicted octanol–water partition coefficient (Wildman–Crippen LogP) is 6.21. The van der Waals surface area contributed by atoms with E-state index >= 15 is 0 Å². The molecule has 0 bridgehead atoms. The van der Waals surface area contributed by atoms with Gasteiger partial charge in [-0.15, -0.1) is 0 Å². The molecule has 5 nitrogen and oxygen atoms in total. The first-order valence-corrected chi connectivity index (χ1v) is 12.7. The van der Waals surface area contributed by atoms with Gasteiger partial charge in [0.2, 0.25) is 0 Å². The molecule has 0 fully saturated rings. The van der Waals surface area contributed by atoms with Gasteiger partial charge >= 0.3 is 0 Å². The number of benzene rings is 3. The van der Waals surface area contributed by atoms with Gasteiger partial charge in [-0.2, -0.15) is 0 Å². The Labute approximate surface area is 208 Å². The summed E-state index contributed by atoms with van der Waals surface area (Å²) in [6.45, 7) is 4.42. The zero-order valence-corrected chi connectivity index (χ0v) is 20.6. The van der Waals surface area contributed by atoms with E-state index in [2.05, 4.69) is 59.3 Å². The fourth-order valence-corrected chi connectivity index (χ4v) is 4.28. The van der Waals surface area contributed by atoms with Crippen molar-refractivity contribution in [2.24, 2.45) is 0 Å². The minimum atomic E-state index is -0.00378. The van der Waals surface area contributed by atoms with Gasteiger partial charge in [0.05, 0.1) is 17.6 Å². The molecule has 1 aromatic heterocycles. The van der Waals surface area contributed by atoms with Crippen molar-refractivity contribution in [3.63, 3.8) is 0 Å². The second-order valence-electron chi connectivity index (χ2n) is 8.80. The van der Waals surface area contributed by atoms with Gasteiger partial charge in [-0.05, 0) is 67.6 Å². The molecule has 0 radical (unpaired) electrons. The van der Waals surface area contributed by atoms with Crippen LogP contribution in [0.1, 0.15) is 54.4 Å². The SMILES string of the molecule is CCc1ccc(OCCCn2c(CCCCCNC(=O)c3ccccc3)nc3ccccc32)cc1. The smallest absolute Gasteiger partial charge is 0.251 e. The Kier molecular flexibility index (Phi) is 8.93. The maximum Gasteiger partial charge on any atom is 0.251 e. The van der Waals surface area contributed by atoms with Crippen LogP contribution in [0, 0.1) is 0 Å². The van der Waals surface area contributed by atoms with Crippen LogP contribution in [0.25, 0.3) is 11.0 Å². The number of amides is 1. The first-order chi connectivity index (χ1) is 17.2. The number of nitrogens with one attached hydrogen (secondary N) is 1. The number of unbranched alkanes of at least 4 members (excludes halogenated alkanes) is 2. The standard InChI is InChI=1S/C30H35N3O2/c1-2-24-17-19-26(20-18-24)35-23-11-22-33-28-15-9-8-14-27(28)32-29(33)16-7-4-10-21-31-30(34)25-12-5-3-6-13-25/h3,5-6,8-9,12-15,17-20H,2,4,7,10-11,16,21-23H2,1H3,(H,31,34). The van der Waals surface area contributed by atoms with Gasteiger partial charge < -0.3 is 14.6 Å². The van der Waals surface area contributed by atoms with Crippen LogP contribution in [-0.4, -0.2) is 28.6 Å². The third kappa shape index (κ3) is 6.95. The number of aromatic nitrogens is 2. The molecular formula is C30H35N3O2. The average Bonchev–Trinajstić information content (AvgIpc) is 3.26. The van der Waals surface area contributed by atoms with Gasteiger partial charge in [0.1, 0.15) is 11.6 Å². The van der Waals surface area contributed by atoms with E-state index in [-0.39, 0.29) is 5.91 Å². The number of rotatable bonds is 13. The zero-order chi connectivity index (χ0) is 24.3. The first kappa shape index (κ1) is 24.5. The number of hydrogen-bond donors (Lipinski definition) is 1. The van der Waals surface area contributed by atoms with E-state index in [9.17, 15) is 4.79 Å². The number of hydrogen-bond acceptors (Lipinski definition) is 3. The lowest BCUT2D eigenvalue weighted by atomic mass is 10.1. The maximum atomic E-state index is 12.2. The lowest BCUT2D eigenvalue weighted by Crippen LogP contribution is -2.24. The monoisotopic (exact) mass is 469 g/mol. The third-order valence-corrected chi connectivity index (χ3v) is 6.26. The molecule has 4 rings (SSSR count). The fourth-order valence-electron chi connectivity index (χ4n) is 4.28. The second-order valence-corrected chi connectivity index (χ2v) is 8.80. The molecule has 0 saturated carbocycles. The maximum absolute atomic E-state index is 12.2. The summed E-state index contributed by atoms with van der Waals surface area (Å²) in [5.41, 5.74) is 4.27. The van der Waals surface area contributed by atoms with Crippen LogP contribution < -0.4 is 10.1 Å². The van der Waals surface area contributed by atoms with Gasteiger partial charge in [-0.3, -0.25) is 4.79 Å². The van der Waals surface area contributed by atoms with E-state index in [1.165, 1.54) is 11.1 Å². The molecule has 1 N–H and O–H groups in total. The highest BCUT2D eigenvalue weighted by Gasteiger charge is 2.10. The van der Waals surface area contributed by atoms with Crippen molar-refractivity contribution in [2.45, 2.75) is 52.0 Å². The summed E-state index contributed by atoms with van der Waals surface area (Å²) in [4.78, 5) is 17.1. The zero-order valence-electron chi connectivity index (χ0n) is 20.6. The molecule has 0 saturated heterocycles. The summed E-state index contributed by atoms with van der Waals surface area (Å²) >= 11 is 0. The molecule has 1 amide bonds. The van der Waals surface area contributed by atoms with Gasteiger partial charge in [0.15, 0.2) is 0 Å². The van der Waals surface area contributed by atoms with Crippen molar-refractivity contribution in [1.82, 2.24) is 14.9 Å². The summed E-state index contributed by atoms with van der Waals surface area (Å²) in [5.74, 6) is 2.06. The lowest BCUT2D eigenvalue weighted by Gasteiger charge is -2.11. The van der Waals surface area contributed by atoms with Crippen LogP contribution in [0.2, 0.25) is 0 Å². The molecule has 4 aromatic rings. The van der Waals surface area contributed by atoms with Gasteiger partial charge in [0, 0.05) is 25.1 Å². The summed E-state index contributed by atoms with van der Waals surface area (Å²) in [7, 11) is 0. The number of fused-ring (bicyclic) bond motifs is 1. The predicted molar refractivity (Wildman–Crippen MR) is 142 cm³/mol. The quantitative estimate of drug-likeness (QED) is 0.237. The topological polar surface area (TPSA) is 56.1 Å². The van der Waals surface area contributed by atoms with Gasteiger partial charge in [-0.1, -0.05) is 55.8 Å². The van der Waals surface area contributed by atoms with Crippen LogP contribution in [0.4, 0.5) is 0 Å². The van der Waals surface area contributed by atoms with Crippen LogP contribution in [0.15, 0.2) is 78.9 Å². The fraction of sp³-hybridized carbons (Fsp3) is 0.333. The van der Waals surface area contributed by atoms with Crippen molar-refractivity contribution >= 4 is 16.9 Å². The Morgan fingerprint density at radius 1 is 0.886 bits per heavy atom. The molecule has 1 heterocycles. The molecular weight excluding hydrogens is 434 g/mol. The Balaban J connectivity index is 1.24. The van der Waals surface area contributed by atoms with Crippen molar-refractivity contribution in [1.29, 1.82) is 0 Å². The van der Waals surface area contributed by atoms with Crippen molar-refractivity contribution in [3.8, 4) is 5.75 Å². The van der Waals surface area contributed by atoms with Crippen LogP contribution in [0.5, 0.6) is 5.75 Å². The summed E-state index contributed by atoms with van der Waals surface area (Å²) in [6, 6.07) is 26.1. The van der Waals surface area contributed by atoms with E-state index in [4.69, 9.17) is 9.72 Å². The van der Waals surface area contributed by atoms with Gasteiger partial charge in [-0.25, -0.2) is 4.98 Å². The van der Waals surface area contributed by atoms with Crippen LogP contribution >= 0.6 is 0 Å². The Bertz CT molecular complexity index is 1200. The molecule has 0 unspecified atom stereocenters. The minimum Gasteiger partial charge on any atom is -0.494 e. The molecule has 0 aliphatic rings.